The summed E-state index contributed by atoms with van der Waals surface area (Å²) in [7, 11) is -3.83. The summed E-state index contributed by atoms with van der Waals surface area (Å²) in [6.45, 7) is 1.49. The molecule has 5 nitrogen and oxygen atoms in total. The van der Waals surface area contributed by atoms with Gasteiger partial charge in [0.25, 0.3) is 0 Å². The summed E-state index contributed by atoms with van der Waals surface area (Å²) in [5.74, 6) is -0.853. The van der Waals surface area contributed by atoms with E-state index >= 15 is 0 Å². The van der Waals surface area contributed by atoms with Crippen molar-refractivity contribution in [3.63, 3.8) is 0 Å². The standard InChI is InChI=1S/C14H19FN2O3S/c1-10(14(18)16-12-4-2-3-5-12)17-21(19,20)13-8-6-11(15)7-9-13/h6-10,12,17H,2-5H2,1H3,(H,16,18)/t10-/m0/s1. The second-order valence-corrected chi connectivity index (χ2v) is 7.00. The number of amides is 1. The van der Waals surface area contributed by atoms with Gasteiger partial charge in [-0.2, -0.15) is 4.72 Å². The molecule has 1 amide bonds. The summed E-state index contributed by atoms with van der Waals surface area (Å²) in [5, 5.41) is 2.84. The van der Waals surface area contributed by atoms with Crippen LogP contribution in [0.4, 0.5) is 4.39 Å². The van der Waals surface area contributed by atoms with Gasteiger partial charge in [-0.25, -0.2) is 12.8 Å². The fourth-order valence-corrected chi connectivity index (χ4v) is 3.57. The largest absolute Gasteiger partial charge is 0.352 e. The molecule has 0 bridgehead atoms. The summed E-state index contributed by atoms with van der Waals surface area (Å²) in [6.07, 6.45) is 4.04. The molecule has 1 atom stereocenters. The molecule has 0 heterocycles. The molecule has 2 N–H and O–H groups in total. The Bertz CT molecular complexity index is 595. The smallest absolute Gasteiger partial charge is 0.241 e. The van der Waals surface area contributed by atoms with Crippen molar-refractivity contribution in [2.45, 2.75) is 49.6 Å². The lowest BCUT2D eigenvalue weighted by Gasteiger charge is -2.17. The maximum Gasteiger partial charge on any atom is 0.241 e. The minimum atomic E-state index is -3.83. The molecule has 0 spiro atoms. The lowest BCUT2D eigenvalue weighted by atomic mass is 10.2. The first kappa shape index (κ1) is 15.9. The topological polar surface area (TPSA) is 75.3 Å². The first-order valence-corrected chi connectivity index (χ1v) is 8.45. The van der Waals surface area contributed by atoms with E-state index in [4.69, 9.17) is 0 Å². The van der Waals surface area contributed by atoms with Gasteiger partial charge in [0, 0.05) is 6.04 Å². The van der Waals surface area contributed by atoms with E-state index in [0.717, 1.165) is 37.8 Å². The Kier molecular flexibility index (Phi) is 4.95. The SMILES string of the molecule is C[C@H](NS(=O)(=O)c1ccc(F)cc1)C(=O)NC1CCCC1. The molecule has 0 radical (unpaired) electrons. The number of carbonyl (C=O) groups is 1. The summed E-state index contributed by atoms with van der Waals surface area (Å²) in [6, 6.07) is 3.73. The van der Waals surface area contributed by atoms with Crippen LogP contribution >= 0.6 is 0 Å². The maximum absolute atomic E-state index is 12.8. The maximum atomic E-state index is 12.8. The monoisotopic (exact) mass is 314 g/mol. The van der Waals surface area contributed by atoms with E-state index < -0.39 is 21.9 Å². The molecule has 0 aliphatic heterocycles. The molecule has 0 aromatic heterocycles. The van der Waals surface area contributed by atoms with Crippen molar-refractivity contribution in [2.24, 2.45) is 0 Å². The van der Waals surface area contributed by atoms with Gasteiger partial charge in [-0.3, -0.25) is 4.79 Å². The number of nitrogens with one attached hydrogen (secondary N) is 2. The Morgan fingerprint density at radius 1 is 1.24 bits per heavy atom. The average molecular weight is 314 g/mol. The third-order valence-corrected chi connectivity index (χ3v) is 5.11. The molecule has 2 rings (SSSR count). The number of carbonyl (C=O) groups excluding carboxylic acids is 1. The Morgan fingerprint density at radius 3 is 2.38 bits per heavy atom. The zero-order valence-electron chi connectivity index (χ0n) is 11.8. The first-order valence-electron chi connectivity index (χ1n) is 6.97. The third kappa shape index (κ3) is 4.25. The molecular formula is C14H19FN2O3S. The van der Waals surface area contributed by atoms with E-state index in [1.807, 2.05) is 0 Å². The molecule has 1 aromatic carbocycles. The van der Waals surface area contributed by atoms with Gasteiger partial charge in [0.2, 0.25) is 15.9 Å². The lowest BCUT2D eigenvalue weighted by Crippen LogP contribution is -2.47. The fraction of sp³-hybridized carbons (Fsp3) is 0.500. The normalized spacial score (nSPS) is 17.6. The van der Waals surface area contributed by atoms with E-state index in [1.54, 1.807) is 0 Å². The van der Waals surface area contributed by atoms with Crippen LogP contribution in [-0.2, 0) is 14.8 Å². The number of halogens is 1. The highest BCUT2D eigenvalue weighted by molar-refractivity contribution is 7.89. The van der Waals surface area contributed by atoms with Gasteiger partial charge < -0.3 is 5.32 Å². The zero-order valence-corrected chi connectivity index (χ0v) is 12.6. The van der Waals surface area contributed by atoms with Crippen molar-refractivity contribution in [3.8, 4) is 0 Å². The highest BCUT2D eigenvalue weighted by atomic mass is 32.2. The minimum absolute atomic E-state index is 0.0654. The van der Waals surface area contributed by atoms with Crippen LogP contribution in [0.25, 0.3) is 0 Å². The Labute approximate surface area is 124 Å². The number of benzene rings is 1. The molecule has 0 unspecified atom stereocenters. The highest BCUT2D eigenvalue weighted by Gasteiger charge is 2.24. The van der Waals surface area contributed by atoms with Crippen molar-refractivity contribution in [3.05, 3.63) is 30.1 Å². The quantitative estimate of drug-likeness (QED) is 0.866. The van der Waals surface area contributed by atoms with Crippen LogP contribution in [0.5, 0.6) is 0 Å². The molecule has 1 aliphatic carbocycles. The number of hydrogen-bond donors (Lipinski definition) is 2. The van der Waals surface area contributed by atoms with Crippen molar-refractivity contribution in [1.82, 2.24) is 10.0 Å². The number of hydrogen-bond acceptors (Lipinski definition) is 3. The van der Waals surface area contributed by atoms with Crippen LogP contribution in [0.1, 0.15) is 32.6 Å². The van der Waals surface area contributed by atoms with Gasteiger partial charge in [0.05, 0.1) is 10.9 Å². The molecule has 1 aromatic rings. The van der Waals surface area contributed by atoms with Crippen molar-refractivity contribution in [1.29, 1.82) is 0 Å². The van der Waals surface area contributed by atoms with E-state index in [1.165, 1.54) is 19.1 Å². The number of sulfonamides is 1. The Morgan fingerprint density at radius 2 is 1.81 bits per heavy atom. The number of rotatable bonds is 5. The average Bonchev–Trinajstić information content (AvgIpc) is 2.91. The summed E-state index contributed by atoms with van der Waals surface area (Å²) >= 11 is 0. The molecule has 1 aliphatic rings. The summed E-state index contributed by atoms with van der Waals surface area (Å²) in [5.41, 5.74) is 0. The van der Waals surface area contributed by atoms with Gasteiger partial charge in [-0.1, -0.05) is 12.8 Å². The molecule has 1 fully saturated rings. The van der Waals surface area contributed by atoms with Gasteiger partial charge in [0.1, 0.15) is 5.82 Å². The third-order valence-electron chi connectivity index (χ3n) is 3.55. The van der Waals surface area contributed by atoms with Crippen LogP contribution < -0.4 is 10.0 Å². The first-order chi connectivity index (χ1) is 9.88. The van der Waals surface area contributed by atoms with Gasteiger partial charge in [-0.15, -0.1) is 0 Å². The second-order valence-electron chi connectivity index (χ2n) is 5.29. The van der Waals surface area contributed by atoms with E-state index in [9.17, 15) is 17.6 Å². The minimum Gasteiger partial charge on any atom is -0.352 e. The molecule has 21 heavy (non-hydrogen) atoms. The second kappa shape index (κ2) is 6.53. The molecular weight excluding hydrogens is 295 g/mol. The van der Waals surface area contributed by atoms with Gasteiger partial charge in [0.15, 0.2) is 0 Å². The molecule has 7 heteroatoms. The predicted octanol–water partition coefficient (Wildman–Crippen LogP) is 1.55. The van der Waals surface area contributed by atoms with Crippen molar-refractivity contribution >= 4 is 15.9 Å². The van der Waals surface area contributed by atoms with Gasteiger partial charge in [-0.05, 0) is 44.0 Å². The van der Waals surface area contributed by atoms with Crippen LogP contribution in [-0.4, -0.2) is 26.4 Å². The highest BCUT2D eigenvalue weighted by Crippen LogP contribution is 2.17. The van der Waals surface area contributed by atoms with Crippen LogP contribution in [0.3, 0.4) is 0 Å². The Balaban J connectivity index is 1.98. The van der Waals surface area contributed by atoms with E-state index in [-0.39, 0.29) is 16.8 Å². The zero-order chi connectivity index (χ0) is 15.5. The van der Waals surface area contributed by atoms with E-state index in [0.29, 0.717) is 0 Å². The predicted molar refractivity (Wildman–Crippen MR) is 76.6 cm³/mol. The van der Waals surface area contributed by atoms with Gasteiger partial charge >= 0.3 is 0 Å². The molecule has 0 saturated heterocycles. The van der Waals surface area contributed by atoms with Crippen molar-refractivity contribution in [2.75, 3.05) is 0 Å². The van der Waals surface area contributed by atoms with Crippen LogP contribution in [0.2, 0.25) is 0 Å². The summed E-state index contributed by atoms with van der Waals surface area (Å²) < 4.78 is 39.3. The Hall–Kier alpha value is -1.47. The lowest BCUT2D eigenvalue weighted by molar-refractivity contribution is -0.123. The summed E-state index contributed by atoms with van der Waals surface area (Å²) in [4.78, 5) is 11.9. The van der Waals surface area contributed by atoms with E-state index in [2.05, 4.69) is 10.0 Å². The fourth-order valence-electron chi connectivity index (χ4n) is 2.36. The van der Waals surface area contributed by atoms with Crippen molar-refractivity contribution < 1.29 is 17.6 Å². The van der Waals surface area contributed by atoms with Crippen LogP contribution in [0.15, 0.2) is 29.2 Å². The molecule has 116 valence electrons. The van der Waals surface area contributed by atoms with Crippen LogP contribution in [0, 0.1) is 5.82 Å². The molecule has 1 saturated carbocycles.